The van der Waals surface area contributed by atoms with Crippen LogP contribution in [0.3, 0.4) is 0 Å². The molecule has 1 heterocycles. The van der Waals surface area contributed by atoms with E-state index in [0.29, 0.717) is 5.69 Å². The molecule has 0 saturated heterocycles. The summed E-state index contributed by atoms with van der Waals surface area (Å²) in [5.74, 6) is -2.39. The van der Waals surface area contributed by atoms with Gasteiger partial charge in [0.1, 0.15) is 10.9 Å². The van der Waals surface area contributed by atoms with E-state index in [1.54, 1.807) is 0 Å². The van der Waals surface area contributed by atoms with Gasteiger partial charge in [0.2, 0.25) is 5.91 Å². The quantitative estimate of drug-likeness (QED) is 0.654. The van der Waals surface area contributed by atoms with Crippen LogP contribution < -0.4 is 11.1 Å². The predicted octanol–water partition coefficient (Wildman–Crippen LogP) is 0.110. The number of nitrogens with zero attached hydrogens (tertiary/aromatic N) is 2. The van der Waals surface area contributed by atoms with Crippen LogP contribution in [0.25, 0.3) is 0 Å². The number of amides is 2. The van der Waals surface area contributed by atoms with Crippen LogP contribution in [0.5, 0.6) is 0 Å². The Bertz CT molecular complexity index is 514. The van der Waals surface area contributed by atoms with Gasteiger partial charge in [-0.15, -0.1) is 5.10 Å². The minimum Gasteiger partial charge on any atom is -0.480 e. The van der Waals surface area contributed by atoms with Gasteiger partial charge in [-0.3, -0.25) is 9.59 Å². The summed E-state index contributed by atoms with van der Waals surface area (Å²) in [7, 11) is 0. The van der Waals surface area contributed by atoms with E-state index in [9.17, 15) is 14.4 Å². The summed E-state index contributed by atoms with van der Waals surface area (Å²) >= 11 is 0.906. The Morgan fingerprint density at radius 2 is 2.05 bits per heavy atom. The highest BCUT2D eigenvalue weighted by Gasteiger charge is 2.25. The molecule has 8 nitrogen and oxygen atoms in total. The Morgan fingerprint density at radius 3 is 2.55 bits per heavy atom. The second-order valence-electron chi connectivity index (χ2n) is 4.51. The van der Waals surface area contributed by atoms with Crippen molar-refractivity contribution in [1.82, 2.24) is 14.9 Å². The number of hydrogen-bond acceptors (Lipinski definition) is 6. The number of rotatable bonds is 7. The van der Waals surface area contributed by atoms with Crippen LogP contribution in [0.15, 0.2) is 0 Å². The zero-order chi connectivity index (χ0) is 15.3. The summed E-state index contributed by atoms with van der Waals surface area (Å²) < 4.78 is 3.70. The number of primary amides is 1. The standard InChI is InChI=1S/C11H16N4O4S/c1-5(2)8-9(20-15-14-8)10(17)13-6(11(18)19)3-4-7(12)16/h5-6H,3-4H2,1-2H3,(H2,12,16)(H,13,17)(H,18,19). The van der Waals surface area contributed by atoms with Crippen molar-refractivity contribution in [3.8, 4) is 0 Å². The van der Waals surface area contributed by atoms with Crippen molar-refractivity contribution in [3.63, 3.8) is 0 Å². The van der Waals surface area contributed by atoms with E-state index in [1.165, 1.54) is 0 Å². The maximum absolute atomic E-state index is 12.0. The number of carbonyl (C=O) groups is 3. The molecule has 1 unspecified atom stereocenters. The fourth-order valence-electron chi connectivity index (χ4n) is 1.50. The second kappa shape index (κ2) is 6.94. The lowest BCUT2D eigenvalue weighted by Crippen LogP contribution is -2.41. The topological polar surface area (TPSA) is 135 Å². The van der Waals surface area contributed by atoms with E-state index in [0.717, 1.165) is 11.5 Å². The highest BCUT2D eigenvalue weighted by molar-refractivity contribution is 7.08. The Morgan fingerprint density at radius 1 is 1.40 bits per heavy atom. The van der Waals surface area contributed by atoms with Gasteiger partial charge in [-0.2, -0.15) is 0 Å². The molecule has 20 heavy (non-hydrogen) atoms. The van der Waals surface area contributed by atoms with E-state index >= 15 is 0 Å². The number of aliphatic carboxylic acids is 1. The van der Waals surface area contributed by atoms with Crippen LogP contribution in [0.4, 0.5) is 0 Å². The number of nitrogens with two attached hydrogens (primary N) is 1. The van der Waals surface area contributed by atoms with E-state index < -0.39 is 23.8 Å². The van der Waals surface area contributed by atoms with Gasteiger partial charge in [-0.05, 0) is 23.9 Å². The van der Waals surface area contributed by atoms with Gasteiger partial charge in [-0.25, -0.2) is 4.79 Å². The third kappa shape index (κ3) is 4.26. The first kappa shape index (κ1) is 16.0. The minimum atomic E-state index is -1.22. The summed E-state index contributed by atoms with van der Waals surface area (Å²) in [6, 6.07) is -1.17. The fraction of sp³-hybridized carbons (Fsp3) is 0.545. The van der Waals surface area contributed by atoms with Gasteiger partial charge in [0, 0.05) is 6.42 Å². The molecule has 1 rings (SSSR count). The van der Waals surface area contributed by atoms with Crippen LogP contribution in [0.2, 0.25) is 0 Å². The largest absolute Gasteiger partial charge is 0.480 e. The third-order valence-corrected chi connectivity index (χ3v) is 3.29. The first-order valence-corrected chi connectivity index (χ1v) is 6.74. The molecule has 0 aromatic carbocycles. The number of aromatic nitrogens is 2. The first-order valence-electron chi connectivity index (χ1n) is 5.97. The molecule has 0 aliphatic carbocycles. The monoisotopic (exact) mass is 300 g/mol. The molecule has 1 aromatic rings. The maximum atomic E-state index is 12.0. The molecule has 4 N–H and O–H groups in total. The molecule has 110 valence electrons. The second-order valence-corrected chi connectivity index (χ2v) is 5.27. The number of carbonyl (C=O) groups excluding carboxylic acids is 2. The molecule has 1 aromatic heterocycles. The normalized spacial score (nSPS) is 12.2. The Hall–Kier alpha value is -2.03. The summed E-state index contributed by atoms with van der Waals surface area (Å²) in [4.78, 5) is 34.0. The molecule has 0 bridgehead atoms. The van der Waals surface area contributed by atoms with Gasteiger partial charge in [0.25, 0.3) is 5.91 Å². The number of carboxylic acid groups (broad SMARTS) is 1. The summed E-state index contributed by atoms with van der Waals surface area (Å²) in [5, 5.41) is 15.2. The van der Waals surface area contributed by atoms with Crippen LogP contribution in [-0.4, -0.2) is 38.5 Å². The number of hydrogen-bond donors (Lipinski definition) is 3. The van der Waals surface area contributed by atoms with Crippen LogP contribution in [-0.2, 0) is 9.59 Å². The minimum absolute atomic E-state index is 0.00315. The van der Waals surface area contributed by atoms with Gasteiger partial charge < -0.3 is 16.2 Å². The Balaban J connectivity index is 2.77. The molecular weight excluding hydrogens is 284 g/mol. The van der Waals surface area contributed by atoms with Crippen LogP contribution in [0.1, 0.15) is 48.0 Å². The molecular formula is C11H16N4O4S. The summed E-state index contributed by atoms with van der Waals surface area (Å²) in [5.41, 5.74) is 5.49. The fourth-order valence-corrected chi connectivity index (χ4v) is 2.22. The average molecular weight is 300 g/mol. The zero-order valence-corrected chi connectivity index (χ0v) is 11.9. The van der Waals surface area contributed by atoms with Crippen molar-refractivity contribution in [1.29, 1.82) is 0 Å². The highest BCUT2D eigenvalue weighted by atomic mass is 32.1. The number of nitrogens with one attached hydrogen (secondary N) is 1. The van der Waals surface area contributed by atoms with Crippen molar-refractivity contribution >= 4 is 29.3 Å². The Kier molecular flexibility index (Phi) is 5.56. The SMILES string of the molecule is CC(C)c1nnsc1C(=O)NC(CCC(N)=O)C(=O)O. The maximum Gasteiger partial charge on any atom is 0.326 e. The lowest BCUT2D eigenvalue weighted by Gasteiger charge is -2.13. The van der Waals surface area contributed by atoms with Crippen molar-refractivity contribution in [2.75, 3.05) is 0 Å². The zero-order valence-electron chi connectivity index (χ0n) is 11.1. The first-order chi connectivity index (χ1) is 9.32. The highest BCUT2D eigenvalue weighted by Crippen LogP contribution is 2.19. The van der Waals surface area contributed by atoms with E-state index in [2.05, 4.69) is 14.9 Å². The van der Waals surface area contributed by atoms with E-state index in [1.807, 2.05) is 13.8 Å². The van der Waals surface area contributed by atoms with Crippen molar-refractivity contribution in [2.24, 2.45) is 5.73 Å². The number of carboxylic acids is 1. The predicted molar refractivity (Wildman–Crippen MR) is 71.3 cm³/mol. The van der Waals surface area contributed by atoms with Crippen LogP contribution >= 0.6 is 11.5 Å². The molecule has 0 radical (unpaired) electrons. The molecule has 2 amide bonds. The smallest absolute Gasteiger partial charge is 0.326 e. The molecule has 1 atom stereocenters. The van der Waals surface area contributed by atoms with Crippen molar-refractivity contribution in [3.05, 3.63) is 10.6 Å². The Labute approximate surface area is 119 Å². The average Bonchev–Trinajstić information content (AvgIpc) is 2.82. The molecule has 0 fully saturated rings. The van der Waals surface area contributed by atoms with Gasteiger partial charge in [-0.1, -0.05) is 18.3 Å². The van der Waals surface area contributed by atoms with Crippen molar-refractivity contribution in [2.45, 2.75) is 38.6 Å². The molecule has 9 heteroatoms. The van der Waals surface area contributed by atoms with E-state index in [-0.39, 0.29) is 23.6 Å². The van der Waals surface area contributed by atoms with Gasteiger partial charge >= 0.3 is 5.97 Å². The molecule has 0 saturated carbocycles. The molecule has 0 aliphatic rings. The lowest BCUT2D eigenvalue weighted by atomic mass is 10.1. The van der Waals surface area contributed by atoms with Crippen LogP contribution in [0, 0.1) is 0 Å². The molecule has 0 spiro atoms. The van der Waals surface area contributed by atoms with Gasteiger partial charge in [0.05, 0.1) is 5.69 Å². The third-order valence-electron chi connectivity index (χ3n) is 2.55. The van der Waals surface area contributed by atoms with Crippen molar-refractivity contribution < 1.29 is 19.5 Å². The summed E-state index contributed by atoms with van der Waals surface area (Å²) in [6.07, 6.45) is -0.172. The van der Waals surface area contributed by atoms with E-state index in [4.69, 9.17) is 10.8 Å². The summed E-state index contributed by atoms with van der Waals surface area (Å²) in [6.45, 7) is 3.71. The molecule has 0 aliphatic heterocycles. The lowest BCUT2D eigenvalue weighted by molar-refractivity contribution is -0.139. The van der Waals surface area contributed by atoms with Gasteiger partial charge in [0.15, 0.2) is 0 Å².